The molecule has 0 saturated carbocycles. The van der Waals surface area contributed by atoms with Gasteiger partial charge in [0, 0.05) is 6.07 Å². The highest BCUT2D eigenvalue weighted by molar-refractivity contribution is 6.32. The maximum Gasteiger partial charge on any atom is 0.339 e. The number of carbonyl (C=O) groups is 1. The van der Waals surface area contributed by atoms with Gasteiger partial charge in [-0.1, -0.05) is 53.1 Å². The molecule has 5 heteroatoms. The van der Waals surface area contributed by atoms with Gasteiger partial charge in [-0.15, -0.1) is 0 Å². The molecule has 112 valence electrons. The quantitative estimate of drug-likeness (QED) is 0.819. The van der Waals surface area contributed by atoms with Crippen molar-refractivity contribution >= 4 is 17.6 Å². The first-order valence-electron chi connectivity index (χ1n) is 6.36. The van der Waals surface area contributed by atoms with Gasteiger partial charge in [-0.05, 0) is 6.07 Å². The molecule has 0 bridgehead atoms. The van der Waals surface area contributed by atoms with Gasteiger partial charge in [-0.2, -0.15) is 0 Å². The Labute approximate surface area is 121 Å². The Hall–Kier alpha value is -1.42. The smallest absolute Gasteiger partial charge is 0.339 e. The van der Waals surface area contributed by atoms with Crippen LogP contribution in [0.25, 0.3) is 0 Å². The van der Waals surface area contributed by atoms with Gasteiger partial charge in [0.25, 0.3) is 0 Å². The number of aromatic carboxylic acids is 1. The van der Waals surface area contributed by atoms with E-state index in [1.54, 1.807) is 0 Å². The van der Waals surface area contributed by atoms with Crippen LogP contribution >= 0.6 is 11.6 Å². The summed E-state index contributed by atoms with van der Waals surface area (Å²) >= 11 is 5.65. The summed E-state index contributed by atoms with van der Waals surface area (Å²) in [6.45, 7) is 12.0. The fourth-order valence-electron chi connectivity index (χ4n) is 0.870. The van der Waals surface area contributed by atoms with Crippen molar-refractivity contribution in [3.8, 4) is 11.5 Å². The van der Waals surface area contributed by atoms with E-state index in [1.165, 1.54) is 7.11 Å². The molecule has 0 atom stereocenters. The van der Waals surface area contributed by atoms with E-state index in [0.29, 0.717) is 0 Å². The molecule has 0 aromatic heterocycles. The zero-order chi connectivity index (χ0) is 16.0. The number of aromatic hydroxyl groups is 1. The highest BCUT2D eigenvalue weighted by atomic mass is 35.5. The van der Waals surface area contributed by atoms with Crippen LogP contribution in [0, 0.1) is 0 Å². The Morgan fingerprint density at radius 2 is 1.53 bits per heavy atom. The monoisotopic (exact) mass is 292 g/mol. The Morgan fingerprint density at radius 1 is 1.11 bits per heavy atom. The van der Waals surface area contributed by atoms with Crippen LogP contribution in [0.15, 0.2) is 12.1 Å². The molecule has 19 heavy (non-hydrogen) atoms. The third-order valence-corrected chi connectivity index (χ3v) is 1.80. The second-order valence-corrected chi connectivity index (χ2v) is 2.72. The molecule has 4 nitrogen and oxygen atoms in total. The zero-order valence-electron chi connectivity index (χ0n) is 12.7. The summed E-state index contributed by atoms with van der Waals surface area (Å²) in [5, 5.41) is 17.9. The van der Waals surface area contributed by atoms with Crippen molar-refractivity contribution in [3.05, 3.63) is 22.7 Å². The number of carboxylic acids is 1. The maximum atomic E-state index is 10.5. The van der Waals surface area contributed by atoms with Gasteiger partial charge < -0.3 is 14.9 Å². The predicted octanol–water partition coefficient (Wildman–Crippen LogP) is 4.83. The summed E-state index contributed by atoms with van der Waals surface area (Å²) in [5.74, 6) is -1.36. The maximum absolute atomic E-state index is 10.5. The molecule has 1 aromatic carbocycles. The van der Waals surface area contributed by atoms with Crippen molar-refractivity contribution in [1.29, 1.82) is 0 Å². The van der Waals surface area contributed by atoms with Gasteiger partial charge in [0.2, 0.25) is 0 Å². The van der Waals surface area contributed by atoms with E-state index < -0.39 is 5.97 Å². The molecule has 2 N–H and O–H groups in total. The van der Waals surface area contributed by atoms with Crippen LogP contribution in [-0.2, 0) is 0 Å². The first-order chi connectivity index (χ1) is 9.06. The van der Waals surface area contributed by atoms with Crippen LogP contribution in [0.2, 0.25) is 5.02 Å². The summed E-state index contributed by atoms with van der Waals surface area (Å²) in [6, 6.07) is 2.30. The van der Waals surface area contributed by atoms with Crippen molar-refractivity contribution in [1.82, 2.24) is 0 Å². The first kappa shape index (κ1) is 22.7. The largest absolute Gasteiger partial charge is 0.507 e. The lowest BCUT2D eigenvalue weighted by Crippen LogP contribution is -1.97. The first-order valence-corrected chi connectivity index (χ1v) is 6.74. The topological polar surface area (TPSA) is 66.8 Å². The van der Waals surface area contributed by atoms with Crippen LogP contribution in [0.4, 0.5) is 0 Å². The lowest BCUT2D eigenvalue weighted by Gasteiger charge is -2.05. The molecule has 1 aromatic rings. The van der Waals surface area contributed by atoms with Crippen molar-refractivity contribution in [3.63, 3.8) is 0 Å². The van der Waals surface area contributed by atoms with Crippen molar-refractivity contribution < 1.29 is 19.7 Å². The number of benzene rings is 1. The number of methoxy groups -OCH3 is 1. The number of hydrogen-bond acceptors (Lipinski definition) is 3. The molecule has 0 unspecified atom stereocenters. The van der Waals surface area contributed by atoms with E-state index in [2.05, 4.69) is 0 Å². The SMILES string of the molecule is CC.CC.CC.COc1cc(O)c(C(=O)O)cc1Cl. The third-order valence-electron chi connectivity index (χ3n) is 1.50. The molecule has 0 saturated heterocycles. The second kappa shape index (κ2) is 14.6. The summed E-state index contributed by atoms with van der Waals surface area (Å²) in [4.78, 5) is 10.5. The number of rotatable bonds is 2. The standard InChI is InChI=1S/C8H7ClO4.3C2H6/c1-13-7-3-6(10)4(8(11)12)2-5(7)9;3*1-2/h2-3,10H,1H3,(H,11,12);3*1-2H3. The second-order valence-electron chi connectivity index (χ2n) is 2.31. The molecule has 0 spiro atoms. The average molecular weight is 293 g/mol. The summed E-state index contributed by atoms with van der Waals surface area (Å²) in [5.41, 5.74) is -0.245. The van der Waals surface area contributed by atoms with E-state index in [1.807, 2.05) is 41.5 Å². The Morgan fingerprint density at radius 3 is 1.84 bits per heavy atom. The molecular formula is C14H25ClO4. The van der Waals surface area contributed by atoms with Gasteiger partial charge >= 0.3 is 5.97 Å². The van der Waals surface area contributed by atoms with E-state index in [0.717, 1.165) is 12.1 Å². The summed E-state index contributed by atoms with van der Waals surface area (Å²) in [7, 11) is 1.38. The van der Waals surface area contributed by atoms with E-state index >= 15 is 0 Å². The molecule has 0 radical (unpaired) electrons. The fraction of sp³-hybridized carbons (Fsp3) is 0.500. The number of ether oxygens (including phenoxy) is 1. The van der Waals surface area contributed by atoms with Gasteiger partial charge in [0.1, 0.15) is 17.1 Å². The number of hydrogen-bond donors (Lipinski definition) is 2. The fourth-order valence-corrected chi connectivity index (χ4v) is 1.11. The van der Waals surface area contributed by atoms with Gasteiger partial charge in [0.05, 0.1) is 12.1 Å². The molecule has 0 amide bonds. The molecule has 1 rings (SSSR count). The molecule has 0 heterocycles. The highest BCUT2D eigenvalue weighted by Crippen LogP contribution is 2.31. The average Bonchev–Trinajstić information content (AvgIpc) is 2.47. The van der Waals surface area contributed by atoms with Crippen LogP contribution in [-0.4, -0.2) is 23.3 Å². The van der Waals surface area contributed by atoms with Crippen molar-refractivity contribution in [2.24, 2.45) is 0 Å². The molecule has 0 aliphatic carbocycles. The number of phenols is 1. The van der Waals surface area contributed by atoms with Crippen LogP contribution in [0.3, 0.4) is 0 Å². The minimum Gasteiger partial charge on any atom is -0.507 e. The summed E-state index contributed by atoms with van der Waals surface area (Å²) < 4.78 is 4.78. The Bertz CT molecular complexity index is 352. The van der Waals surface area contributed by atoms with E-state index in [4.69, 9.17) is 21.4 Å². The molecule has 0 aliphatic heterocycles. The van der Waals surface area contributed by atoms with Crippen LogP contribution in [0.1, 0.15) is 51.9 Å². The van der Waals surface area contributed by atoms with Crippen LogP contribution in [0.5, 0.6) is 11.5 Å². The minimum absolute atomic E-state index is 0.151. The Balaban J connectivity index is -0.000000375. The van der Waals surface area contributed by atoms with Crippen LogP contribution < -0.4 is 4.74 Å². The van der Waals surface area contributed by atoms with Crippen molar-refractivity contribution in [2.75, 3.05) is 7.11 Å². The molecule has 0 fully saturated rings. The number of halogens is 1. The summed E-state index contributed by atoms with van der Waals surface area (Å²) in [6.07, 6.45) is 0. The predicted molar refractivity (Wildman–Crippen MR) is 80.7 cm³/mol. The zero-order valence-corrected chi connectivity index (χ0v) is 13.5. The molecular weight excluding hydrogens is 268 g/mol. The van der Waals surface area contributed by atoms with E-state index in [9.17, 15) is 9.90 Å². The van der Waals surface area contributed by atoms with Gasteiger partial charge in [-0.25, -0.2) is 4.79 Å². The van der Waals surface area contributed by atoms with Gasteiger partial charge in [0.15, 0.2) is 0 Å². The minimum atomic E-state index is -1.23. The normalized spacial score (nSPS) is 7.58. The highest BCUT2D eigenvalue weighted by Gasteiger charge is 2.13. The number of carboxylic acid groups (broad SMARTS) is 1. The lowest BCUT2D eigenvalue weighted by molar-refractivity contribution is 0.0693. The lowest BCUT2D eigenvalue weighted by atomic mass is 10.2. The molecule has 0 aliphatic rings. The van der Waals surface area contributed by atoms with E-state index in [-0.39, 0.29) is 22.1 Å². The third kappa shape index (κ3) is 8.32. The van der Waals surface area contributed by atoms with Crippen molar-refractivity contribution in [2.45, 2.75) is 41.5 Å². The van der Waals surface area contributed by atoms with Gasteiger partial charge in [-0.3, -0.25) is 0 Å². The Kier molecular flexibility index (Phi) is 17.5.